The first-order valence-corrected chi connectivity index (χ1v) is 9.29. The molecule has 0 aliphatic heterocycles. The van der Waals surface area contributed by atoms with Crippen molar-refractivity contribution in [3.05, 3.63) is 41.8 Å². The van der Waals surface area contributed by atoms with Gasteiger partial charge in [0.15, 0.2) is 0 Å². The average Bonchev–Trinajstić information content (AvgIpc) is 3.03. The number of aliphatic hydroxyl groups is 1. The summed E-state index contributed by atoms with van der Waals surface area (Å²) in [5, 5.41) is 17.7. The van der Waals surface area contributed by atoms with Crippen molar-refractivity contribution in [1.82, 2.24) is 5.32 Å². The summed E-state index contributed by atoms with van der Waals surface area (Å²) in [4.78, 5) is 1.53. The summed E-state index contributed by atoms with van der Waals surface area (Å²) in [7, 11) is 0. The second-order valence-corrected chi connectivity index (χ2v) is 8.67. The van der Waals surface area contributed by atoms with Gasteiger partial charge in [0.25, 0.3) is 0 Å². The van der Waals surface area contributed by atoms with E-state index in [1.807, 2.05) is 28.2 Å². The molecular weight excluding hydrogens is 389 g/mol. The number of halogens is 1. The lowest BCUT2D eigenvalue weighted by atomic mass is 9.94. The van der Waals surface area contributed by atoms with E-state index in [4.69, 9.17) is 0 Å². The Morgan fingerprint density at radius 1 is 1.53 bits per heavy atom. The van der Waals surface area contributed by atoms with E-state index in [1.165, 1.54) is 32.6 Å². The summed E-state index contributed by atoms with van der Waals surface area (Å²) in [6.45, 7) is 0.632. The number of hydrogen-bond acceptors (Lipinski definition) is 4. The first kappa shape index (κ1) is 14.0. The number of aliphatic hydroxyl groups excluding tert-OH is 1. The Bertz CT molecular complexity index is 538. The second-order valence-electron chi connectivity index (χ2n) is 4.85. The molecule has 2 aromatic rings. The van der Waals surface area contributed by atoms with Gasteiger partial charge >= 0.3 is 0 Å². The molecule has 102 valence electrons. The lowest BCUT2D eigenvalue weighted by molar-refractivity contribution is 0.168. The molecule has 2 aromatic heterocycles. The van der Waals surface area contributed by atoms with Gasteiger partial charge in [-0.2, -0.15) is 11.3 Å². The van der Waals surface area contributed by atoms with E-state index in [0.717, 1.165) is 5.56 Å². The van der Waals surface area contributed by atoms with Crippen LogP contribution in [0.4, 0.5) is 0 Å². The Morgan fingerprint density at radius 3 is 3.21 bits per heavy atom. The van der Waals surface area contributed by atoms with Crippen molar-refractivity contribution in [3.8, 4) is 0 Å². The monoisotopic (exact) mass is 405 g/mol. The van der Waals surface area contributed by atoms with E-state index < -0.39 is 6.10 Å². The van der Waals surface area contributed by atoms with Gasteiger partial charge in [-0.05, 0) is 75.9 Å². The Kier molecular flexibility index (Phi) is 4.58. The zero-order chi connectivity index (χ0) is 13.2. The van der Waals surface area contributed by atoms with E-state index in [0.29, 0.717) is 12.6 Å². The van der Waals surface area contributed by atoms with Gasteiger partial charge in [-0.15, -0.1) is 11.3 Å². The van der Waals surface area contributed by atoms with Gasteiger partial charge in [-0.1, -0.05) is 0 Å². The Hall–Kier alpha value is 0.0500. The fourth-order valence-electron chi connectivity index (χ4n) is 2.57. The third-order valence-corrected chi connectivity index (χ3v) is 6.24. The third kappa shape index (κ3) is 3.21. The van der Waals surface area contributed by atoms with Crippen LogP contribution in [0, 0.1) is 2.88 Å². The fraction of sp³-hybridized carbons (Fsp3) is 0.429. The van der Waals surface area contributed by atoms with Gasteiger partial charge < -0.3 is 10.4 Å². The number of aryl methyl sites for hydroxylation is 1. The molecule has 0 bridgehead atoms. The van der Waals surface area contributed by atoms with Crippen molar-refractivity contribution >= 4 is 45.3 Å². The Balaban J connectivity index is 1.65. The van der Waals surface area contributed by atoms with Crippen LogP contribution in [0.3, 0.4) is 0 Å². The molecule has 0 fully saturated rings. The standard InChI is InChI=1S/C14H16INOS2/c15-14-6-10-11(2-1-3-13(10)19-14)16-7-12(17)9-4-5-18-8-9/h4-6,8,11-12,16-17H,1-3,7H2. The van der Waals surface area contributed by atoms with Crippen LogP contribution in [-0.4, -0.2) is 11.7 Å². The minimum atomic E-state index is -0.394. The van der Waals surface area contributed by atoms with E-state index >= 15 is 0 Å². The van der Waals surface area contributed by atoms with Crippen LogP contribution in [0.2, 0.25) is 0 Å². The van der Waals surface area contributed by atoms with Crippen LogP contribution in [0.5, 0.6) is 0 Å². The zero-order valence-electron chi connectivity index (χ0n) is 10.4. The van der Waals surface area contributed by atoms with Gasteiger partial charge in [-0.3, -0.25) is 0 Å². The summed E-state index contributed by atoms with van der Waals surface area (Å²) in [5.74, 6) is 0. The van der Waals surface area contributed by atoms with Crippen LogP contribution in [0.15, 0.2) is 22.9 Å². The SMILES string of the molecule is OC(CNC1CCCc2sc(I)cc21)c1ccsc1. The highest BCUT2D eigenvalue weighted by molar-refractivity contribution is 14.1. The largest absolute Gasteiger partial charge is 0.387 e. The lowest BCUT2D eigenvalue weighted by Gasteiger charge is -2.25. The third-order valence-electron chi connectivity index (χ3n) is 3.57. The number of thiophene rings is 2. The van der Waals surface area contributed by atoms with Crippen molar-refractivity contribution in [1.29, 1.82) is 0 Å². The van der Waals surface area contributed by atoms with Crippen LogP contribution >= 0.6 is 45.3 Å². The first-order valence-electron chi connectivity index (χ1n) is 6.45. The van der Waals surface area contributed by atoms with Gasteiger partial charge in [0, 0.05) is 17.5 Å². The van der Waals surface area contributed by atoms with Crippen molar-refractivity contribution in [3.63, 3.8) is 0 Å². The maximum atomic E-state index is 10.1. The van der Waals surface area contributed by atoms with Crippen LogP contribution < -0.4 is 5.32 Å². The summed E-state index contributed by atoms with van der Waals surface area (Å²) in [6, 6.07) is 4.71. The Morgan fingerprint density at radius 2 is 2.42 bits per heavy atom. The molecule has 0 amide bonds. The fourth-order valence-corrected chi connectivity index (χ4v) is 5.40. The molecule has 2 atom stereocenters. The number of hydrogen-bond donors (Lipinski definition) is 2. The molecule has 2 nitrogen and oxygen atoms in total. The predicted molar refractivity (Wildman–Crippen MR) is 90.0 cm³/mol. The highest BCUT2D eigenvalue weighted by atomic mass is 127. The maximum Gasteiger partial charge on any atom is 0.0922 e. The predicted octanol–water partition coefficient (Wildman–Crippen LogP) is 4.11. The summed E-state index contributed by atoms with van der Waals surface area (Å²) >= 11 is 5.95. The van der Waals surface area contributed by atoms with E-state index in [1.54, 1.807) is 11.3 Å². The molecule has 2 unspecified atom stereocenters. The molecular formula is C14H16INOS2. The van der Waals surface area contributed by atoms with Gasteiger partial charge in [0.05, 0.1) is 8.99 Å². The van der Waals surface area contributed by atoms with Gasteiger partial charge in [-0.25, -0.2) is 0 Å². The summed E-state index contributed by atoms with van der Waals surface area (Å²) in [6.07, 6.45) is 3.24. The minimum Gasteiger partial charge on any atom is -0.387 e. The molecule has 0 aromatic carbocycles. The quantitative estimate of drug-likeness (QED) is 0.751. The molecule has 0 radical (unpaired) electrons. The van der Waals surface area contributed by atoms with Crippen LogP contribution in [0.1, 0.15) is 41.0 Å². The summed E-state index contributed by atoms with van der Waals surface area (Å²) in [5.41, 5.74) is 2.48. The molecule has 1 aliphatic carbocycles. The molecule has 19 heavy (non-hydrogen) atoms. The molecule has 3 rings (SSSR count). The van der Waals surface area contributed by atoms with Crippen molar-refractivity contribution < 1.29 is 5.11 Å². The topological polar surface area (TPSA) is 32.3 Å². The van der Waals surface area contributed by atoms with Crippen molar-refractivity contribution in [2.45, 2.75) is 31.4 Å². The van der Waals surface area contributed by atoms with Crippen LogP contribution in [0.25, 0.3) is 0 Å². The van der Waals surface area contributed by atoms with Gasteiger partial charge in [0.1, 0.15) is 0 Å². The van der Waals surface area contributed by atoms with Crippen molar-refractivity contribution in [2.24, 2.45) is 0 Å². The maximum absolute atomic E-state index is 10.1. The van der Waals surface area contributed by atoms with Crippen LogP contribution in [-0.2, 0) is 6.42 Å². The highest BCUT2D eigenvalue weighted by Gasteiger charge is 2.23. The van der Waals surface area contributed by atoms with E-state index in [2.05, 4.69) is 34.0 Å². The average molecular weight is 405 g/mol. The number of fused-ring (bicyclic) bond motifs is 1. The molecule has 2 heterocycles. The van der Waals surface area contributed by atoms with E-state index in [-0.39, 0.29) is 0 Å². The normalized spacial score (nSPS) is 20.2. The molecule has 2 N–H and O–H groups in total. The molecule has 0 saturated heterocycles. The lowest BCUT2D eigenvalue weighted by Crippen LogP contribution is -2.28. The second kappa shape index (κ2) is 6.22. The minimum absolute atomic E-state index is 0.394. The molecule has 5 heteroatoms. The number of nitrogens with one attached hydrogen (secondary N) is 1. The first-order chi connectivity index (χ1) is 9.24. The molecule has 0 spiro atoms. The summed E-state index contributed by atoms with van der Waals surface area (Å²) < 4.78 is 1.37. The van der Waals surface area contributed by atoms with E-state index in [9.17, 15) is 5.11 Å². The zero-order valence-corrected chi connectivity index (χ0v) is 14.2. The molecule has 1 aliphatic rings. The number of rotatable bonds is 4. The highest BCUT2D eigenvalue weighted by Crippen LogP contribution is 2.36. The van der Waals surface area contributed by atoms with Crippen molar-refractivity contribution in [2.75, 3.05) is 6.54 Å². The smallest absolute Gasteiger partial charge is 0.0922 e. The van der Waals surface area contributed by atoms with Gasteiger partial charge in [0.2, 0.25) is 0 Å². The molecule has 0 saturated carbocycles. The Labute approximate surface area is 135 Å².